The number of rotatable bonds is 4. The number of hydrogen-bond acceptors (Lipinski definition) is 4. The van der Waals surface area contributed by atoms with Gasteiger partial charge in [-0.1, -0.05) is 42.5 Å². The molecular weight excluding hydrogens is 338 g/mol. The third-order valence-electron chi connectivity index (χ3n) is 4.43. The SMILES string of the molecule is N#CCCn1cc(/C=C2\COc3ccccc3C2=O)c(-c2ccccc2)n1. The molecule has 132 valence electrons. The van der Waals surface area contributed by atoms with Crippen molar-refractivity contribution in [3.05, 3.63) is 77.5 Å². The summed E-state index contributed by atoms with van der Waals surface area (Å²) in [4.78, 5) is 12.8. The van der Waals surface area contributed by atoms with Crippen LogP contribution in [0.2, 0.25) is 0 Å². The van der Waals surface area contributed by atoms with E-state index in [1.165, 1.54) is 0 Å². The maximum atomic E-state index is 12.8. The molecule has 5 nitrogen and oxygen atoms in total. The summed E-state index contributed by atoms with van der Waals surface area (Å²) in [6.45, 7) is 0.736. The van der Waals surface area contributed by atoms with Crippen LogP contribution in [0.3, 0.4) is 0 Å². The van der Waals surface area contributed by atoms with E-state index in [9.17, 15) is 4.79 Å². The van der Waals surface area contributed by atoms with Gasteiger partial charge < -0.3 is 4.74 Å². The lowest BCUT2D eigenvalue weighted by molar-refractivity contribution is 0.100. The van der Waals surface area contributed by atoms with Gasteiger partial charge in [0, 0.05) is 22.9 Å². The molecule has 0 radical (unpaired) electrons. The van der Waals surface area contributed by atoms with E-state index in [-0.39, 0.29) is 12.4 Å². The lowest BCUT2D eigenvalue weighted by atomic mass is 9.98. The van der Waals surface area contributed by atoms with Gasteiger partial charge in [0.2, 0.25) is 0 Å². The lowest BCUT2D eigenvalue weighted by Gasteiger charge is -2.18. The predicted octanol–water partition coefficient (Wildman–Crippen LogP) is 4.12. The normalized spacial score (nSPS) is 14.5. The van der Waals surface area contributed by atoms with Crippen LogP contribution in [0.5, 0.6) is 5.75 Å². The third-order valence-corrected chi connectivity index (χ3v) is 4.43. The first-order chi connectivity index (χ1) is 13.3. The Bertz CT molecular complexity index is 1060. The van der Waals surface area contributed by atoms with Crippen LogP contribution in [-0.4, -0.2) is 22.2 Å². The minimum Gasteiger partial charge on any atom is -0.488 e. The lowest BCUT2D eigenvalue weighted by Crippen LogP contribution is -2.18. The molecular formula is C22H17N3O2. The van der Waals surface area contributed by atoms with Crippen LogP contribution in [0.25, 0.3) is 17.3 Å². The Morgan fingerprint density at radius 3 is 2.74 bits per heavy atom. The quantitative estimate of drug-likeness (QED) is 0.660. The fourth-order valence-electron chi connectivity index (χ4n) is 3.11. The van der Waals surface area contributed by atoms with Crippen LogP contribution < -0.4 is 4.74 Å². The van der Waals surface area contributed by atoms with E-state index in [1.54, 1.807) is 16.8 Å². The summed E-state index contributed by atoms with van der Waals surface area (Å²) in [5.41, 5.74) is 3.75. The van der Waals surface area contributed by atoms with Crippen molar-refractivity contribution in [2.75, 3.05) is 6.61 Å². The van der Waals surface area contributed by atoms with E-state index in [2.05, 4.69) is 11.2 Å². The Labute approximate surface area is 157 Å². The van der Waals surface area contributed by atoms with Crippen LogP contribution in [0.1, 0.15) is 22.3 Å². The first-order valence-electron chi connectivity index (χ1n) is 8.73. The van der Waals surface area contributed by atoms with Crippen molar-refractivity contribution in [3.63, 3.8) is 0 Å². The number of carbonyl (C=O) groups excluding carboxylic acids is 1. The maximum absolute atomic E-state index is 12.8. The molecule has 27 heavy (non-hydrogen) atoms. The number of fused-ring (bicyclic) bond motifs is 1. The first kappa shape index (κ1) is 16.8. The highest BCUT2D eigenvalue weighted by molar-refractivity contribution is 6.14. The average molecular weight is 355 g/mol. The zero-order valence-corrected chi connectivity index (χ0v) is 14.6. The monoisotopic (exact) mass is 355 g/mol. The standard InChI is InChI=1S/C22H17N3O2/c23-11-6-12-25-14-17(21(24-25)16-7-2-1-3-8-16)13-18-15-27-20-10-5-4-9-19(20)22(18)26/h1-5,7-10,13-14H,6,12,15H2/b18-13+. The molecule has 1 aliphatic heterocycles. The van der Waals surface area contributed by atoms with E-state index in [0.29, 0.717) is 29.9 Å². The Morgan fingerprint density at radius 2 is 1.93 bits per heavy atom. The van der Waals surface area contributed by atoms with E-state index >= 15 is 0 Å². The zero-order chi connectivity index (χ0) is 18.6. The molecule has 0 aliphatic carbocycles. The summed E-state index contributed by atoms with van der Waals surface area (Å²) in [6.07, 6.45) is 4.10. The van der Waals surface area contributed by atoms with Gasteiger partial charge in [-0.25, -0.2) is 0 Å². The van der Waals surface area contributed by atoms with Crippen LogP contribution in [0.15, 0.2) is 66.4 Å². The number of nitrogens with zero attached hydrogens (tertiary/aromatic N) is 3. The molecule has 0 spiro atoms. The molecule has 1 aromatic heterocycles. The minimum atomic E-state index is -0.0272. The summed E-state index contributed by atoms with van der Waals surface area (Å²) in [6, 6.07) is 19.2. The number of Topliss-reactive ketones (excluding diaryl/α,β-unsaturated/α-hetero) is 1. The van der Waals surface area contributed by atoms with Gasteiger partial charge in [-0.15, -0.1) is 0 Å². The second kappa shape index (κ2) is 7.30. The van der Waals surface area contributed by atoms with E-state index in [0.717, 1.165) is 16.8 Å². The van der Waals surface area contributed by atoms with Crippen molar-refractivity contribution in [3.8, 4) is 23.1 Å². The highest BCUT2D eigenvalue weighted by atomic mass is 16.5. The number of ketones is 1. The molecule has 0 saturated carbocycles. The van der Waals surface area contributed by atoms with Crippen molar-refractivity contribution in [2.24, 2.45) is 0 Å². The van der Waals surface area contributed by atoms with Crippen molar-refractivity contribution in [2.45, 2.75) is 13.0 Å². The van der Waals surface area contributed by atoms with Gasteiger partial charge in [0.25, 0.3) is 0 Å². The Kier molecular flexibility index (Phi) is 4.54. The van der Waals surface area contributed by atoms with E-state index in [4.69, 9.17) is 10.00 Å². The van der Waals surface area contributed by atoms with Gasteiger partial charge in [0.1, 0.15) is 12.4 Å². The second-order valence-electron chi connectivity index (χ2n) is 6.25. The number of para-hydroxylation sites is 1. The maximum Gasteiger partial charge on any atom is 0.196 e. The van der Waals surface area contributed by atoms with Crippen LogP contribution >= 0.6 is 0 Å². The number of hydrogen-bond donors (Lipinski definition) is 0. The topological polar surface area (TPSA) is 67.9 Å². The highest BCUT2D eigenvalue weighted by Crippen LogP contribution is 2.30. The van der Waals surface area contributed by atoms with Crippen molar-refractivity contribution in [1.29, 1.82) is 5.26 Å². The summed E-state index contributed by atoms with van der Waals surface area (Å²) >= 11 is 0. The molecule has 0 saturated heterocycles. The fraction of sp³-hybridized carbons (Fsp3) is 0.136. The molecule has 5 heteroatoms. The highest BCUT2D eigenvalue weighted by Gasteiger charge is 2.23. The summed E-state index contributed by atoms with van der Waals surface area (Å²) < 4.78 is 7.49. The molecule has 0 amide bonds. The second-order valence-corrected chi connectivity index (χ2v) is 6.25. The Morgan fingerprint density at radius 1 is 1.15 bits per heavy atom. The van der Waals surface area contributed by atoms with Gasteiger partial charge in [0.05, 0.1) is 30.3 Å². The van der Waals surface area contributed by atoms with Gasteiger partial charge in [-0.2, -0.15) is 10.4 Å². The van der Waals surface area contributed by atoms with Crippen molar-refractivity contribution < 1.29 is 9.53 Å². The minimum absolute atomic E-state index is 0.0272. The largest absolute Gasteiger partial charge is 0.488 e. The number of carbonyl (C=O) groups is 1. The number of aryl methyl sites for hydroxylation is 1. The van der Waals surface area contributed by atoms with Crippen molar-refractivity contribution >= 4 is 11.9 Å². The molecule has 0 N–H and O–H groups in total. The van der Waals surface area contributed by atoms with Gasteiger partial charge >= 0.3 is 0 Å². The smallest absolute Gasteiger partial charge is 0.196 e. The number of aromatic nitrogens is 2. The molecule has 0 bridgehead atoms. The van der Waals surface area contributed by atoms with E-state index < -0.39 is 0 Å². The summed E-state index contributed by atoms with van der Waals surface area (Å²) in [5.74, 6) is 0.591. The molecule has 4 rings (SSSR count). The Balaban J connectivity index is 1.75. The molecule has 0 unspecified atom stereocenters. The number of benzene rings is 2. The molecule has 2 aromatic carbocycles. The zero-order valence-electron chi connectivity index (χ0n) is 14.6. The fourth-order valence-corrected chi connectivity index (χ4v) is 3.11. The number of nitriles is 1. The molecule has 1 aliphatic rings. The summed E-state index contributed by atoms with van der Waals surface area (Å²) in [7, 11) is 0. The van der Waals surface area contributed by atoms with Gasteiger partial charge in [-0.3, -0.25) is 9.48 Å². The molecule has 3 aromatic rings. The number of ether oxygens (including phenoxy) is 1. The first-order valence-corrected chi connectivity index (χ1v) is 8.73. The predicted molar refractivity (Wildman–Crippen MR) is 102 cm³/mol. The van der Waals surface area contributed by atoms with E-state index in [1.807, 2.05) is 54.7 Å². The van der Waals surface area contributed by atoms with Crippen LogP contribution in [0.4, 0.5) is 0 Å². The molecule has 0 atom stereocenters. The third kappa shape index (κ3) is 3.38. The van der Waals surface area contributed by atoms with Gasteiger partial charge in [-0.05, 0) is 18.2 Å². The van der Waals surface area contributed by atoms with Crippen LogP contribution in [-0.2, 0) is 6.54 Å². The van der Waals surface area contributed by atoms with Gasteiger partial charge in [0.15, 0.2) is 5.78 Å². The molecule has 2 heterocycles. The average Bonchev–Trinajstić information content (AvgIpc) is 3.12. The van der Waals surface area contributed by atoms with Crippen LogP contribution in [0, 0.1) is 11.3 Å². The Hall–Kier alpha value is -3.65. The van der Waals surface area contributed by atoms with Crippen molar-refractivity contribution in [1.82, 2.24) is 9.78 Å². The molecule has 0 fully saturated rings. The summed E-state index contributed by atoms with van der Waals surface area (Å²) in [5, 5.41) is 13.5.